The van der Waals surface area contributed by atoms with Crippen molar-refractivity contribution in [2.45, 2.75) is 0 Å². The summed E-state index contributed by atoms with van der Waals surface area (Å²) in [6.07, 6.45) is 1.86. The lowest BCUT2D eigenvalue weighted by atomic mass is 10.0. The molecule has 0 radical (unpaired) electrons. The first kappa shape index (κ1) is 28.2. The maximum atomic E-state index is 5.21. The average molecular weight is 640 g/mol. The number of rotatable bonds is 5. The van der Waals surface area contributed by atoms with E-state index in [1.807, 2.05) is 48.7 Å². The van der Waals surface area contributed by atoms with Gasteiger partial charge in [0.2, 0.25) is 0 Å². The van der Waals surface area contributed by atoms with Gasteiger partial charge in [-0.3, -0.25) is 4.57 Å². The Morgan fingerprint density at radius 3 is 1.92 bits per heavy atom. The number of fused-ring (bicyclic) bond motifs is 6. The first-order chi connectivity index (χ1) is 24.8. The second-order valence-corrected chi connectivity index (χ2v) is 12.5. The van der Waals surface area contributed by atoms with Crippen LogP contribution in [0.25, 0.3) is 89.0 Å². The van der Waals surface area contributed by atoms with Crippen molar-refractivity contribution in [2.75, 3.05) is 0 Å². The van der Waals surface area contributed by atoms with Crippen LogP contribution in [0.2, 0.25) is 0 Å². The molecule has 0 bridgehead atoms. The second kappa shape index (κ2) is 11.4. The Morgan fingerprint density at radius 1 is 0.420 bits per heavy atom. The molecule has 4 aromatic heterocycles. The highest BCUT2D eigenvalue weighted by molar-refractivity contribution is 6.15. The minimum Gasteiger partial charge on any atom is -0.309 e. The van der Waals surface area contributed by atoms with Crippen molar-refractivity contribution in [1.29, 1.82) is 0 Å². The van der Waals surface area contributed by atoms with E-state index >= 15 is 0 Å². The van der Waals surface area contributed by atoms with E-state index in [1.54, 1.807) is 0 Å². The normalized spacial score (nSPS) is 11.6. The number of pyridine rings is 1. The van der Waals surface area contributed by atoms with Gasteiger partial charge >= 0.3 is 0 Å². The summed E-state index contributed by atoms with van der Waals surface area (Å²) < 4.78 is 4.59. The van der Waals surface area contributed by atoms with Gasteiger partial charge in [-0.15, -0.1) is 0 Å². The minimum atomic E-state index is 0.668. The summed E-state index contributed by atoms with van der Waals surface area (Å²) in [5.74, 6) is 1.44. The van der Waals surface area contributed by atoms with E-state index < -0.39 is 0 Å². The lowest BCUT2D eigenvalue weighted by molar-refractivity contribution is 1.03. The van der Waals surface area contributed by atoms with E-state index in [1.165, 1.54) is 21.8 Å². The molecule has 0 aliphatic rings. The SMILES string of the molecule is c1ccc(-c2cc(-n3c4cc(-c5cccc6c7ccccc7n(-c7ccccc7)c56)ccc4c4cccnc43)nc(-c3ccccc3)n2)cc1. The van der Waals surface area contributed by atoms with Crippen LogP contribution in [0.15, 0.2) is 176 Å². The zero-order valence-corrected chi connectivity index (χ0v) is 27.0. The molecule has 4 heterocycles. The molecule has 0 atom stereocenters. The number of aromatic nitrogens is 5. The van der Waals surface area contributed by atoms with Gasteiger partial charge in [0, 0.05) is 56.2 Å². The number of para-hydroxylation sites is 3. The van der Waals surface area contributed by atoms with Crippen LogP contribution >= 0.6 is 0 Å². The third kappa shape index (κ3) is 4.45. The molecule has 0 aliphatic carbocycles. The lowest BCUT2D eigenvalue weighted by Crippen LogP contribution is -2.03. The number of nitrogens with zero attached hydrogens (tertiary/aromatic N) is 5. The third-order valence-corrected chi connectivity index (χ3v) is 9.59. The number of hydrogen-bond acceptors (Lipinski definition) is 3. The molecule has 5 nitrogen and oxygen atoms in total. The van der Waals surface area contributed by atoms with Crippen molar-refractivity contribution < 1.29 is 0 Å². The van der Waals surface area contributed by atoms with Crippen LogP contribution in [-0.4, -0.2) is 24.1 Å². The van der Waals surface area contributed by atoms with Crippen LogP contribution in [0.1, 0.15) is 0 Å². The van der Waals surface area contributed by atoms with Crippen LogP contribution in [0, 0.1) is 0 Å². The molecule has 10 rings (SSSR count). The minimum absolute atomic E-state index is 0.668. The predicted octanol–water partition coefficient (Wildman–Crippen LogP) is 11.1. The first-order valence-electron chi connectivity index (χ1n) is 16.8. The molecule has 5 heteroatoms. The Balaban J connectivity index is 1.27. The molecule has 234 valence electrons. The van der Waals surface area contributed by atoms with Gasteiger partial charge in [-0.25, -0.2) is 15.0 Å². The number of benzene rings is 6. The summed E-state index contributed by atoms with van der Waals surface area (Å²) in [6.45, 7) is 0. The summed E-state index contributed by atoms with van der Waals surface area (Å²) in [5, 5.41) is 4.65. The van der Waals surface area contributed by atoms with Gasteiger partial charge in [0.25, 0.3) is 0 Å². The molecule has 0 amide bonds. The largest absolute Gasteiger partial charge is 0.309 e. The molecule has 0 spiro atoms. The third-order valence-electron chi connectivity index (χ3n) is 9.59. The van der Waals surface area contributed by atoms with Crippen molar-refractivity contribution in [1.82, 2.24) is 24.1 Å². The smallest absolute Gasteiger partial charge is 0.162 e. The molecule has 0 aliphatic heterocycles. The Labute approximate surface area is 288 Å². The maximum Gasteiger partial charge on any atom is 0.162 e. The molecule has 0 fully saturated rings. The first-order valence-corrected chi connectivity index (χ1v) is 16.8. The molecular formula is C45H29N5. The highest BCUT2D eigenvalue weighted by Gasteiger charge is 2.20. The highest BCUT2D eigenvalue weighted by atomic mass is 15.1. The van der Waals surface area contributed by atoms with Gasteiger partial charge in [-0.1, -0.05) is 127 Å². The number of hydrogen-bond donors (Lipinski definition) is 0. The van der Waals surface area contributed by atoms with Crippen molar-refractivity contribution >= 4 is 43.7 Å². The zero-order chi connectivity index (χ0) is 33.0. The van der Waals surface area contributed by atoms with Crippen molar-refractivity contribution in [2.24, 2.45) is 0 Å². The maximum absolute atomic E-state index is 5.21. The Morgan fingerprint density at radius 2 is 1.10 bits per heavy atom. The molecule has 50 heavy (non-hydrogen) atoms. The second-order valence-electron chi connectivity index (χ2n) is 12.5. The van der Waals surface area contributed by atoms with Gasteiger partial charge in [-0.05, 0) is 42.0 Å². The summed E-state index contributed by atoms with van der Waals surface area (Å²) in [5.41, 5.74) is 10.5. The summed E-state index contributed by atoms with van der Waals surface area (Å²) in [6, 6.07) is 59.4. The summed E-state index contributed by atoms with van der Waals surface area (Å²) in [7, 11) is 0. The Bertz CT molecular complexity index is 2800. The van der Waals surface area contributed by atoms with E-state index in [0.717, 1.165) is 61.4 Å². The average Bonchev–Trinajstić information content (AvgIpc) is 3.71. The fourth-order valence-corrected chi connectivity index (χ4v) is 7.36. The zero-order valence-electron chi connectivity index (χ0n) is 27.0. The van der Waals surface area contributed by atoms with Crippen molar-refractivity contribution in [3.05, 3.63) is 176 Å². The highest BCUT2D eigenvalue weighted by Crippen LogP contribution is 2.40. The van der Waals surface area contributed by atoms with Gasteiger partial charge in [0.1, 0.15) is 11.5 Å². The Hall–Kier alpha value is -6.85. The van der Waals surface area contributed by atoms with E-state index in [0.29, 0.717) is 5.82 Å². The molecule has 10 aromatic rings. The Kier molecular flexibility index (Phi) is 6.42. The summed E-state index contributed by atoms with van der Waals surface area (Å²) in [4.78, 5) is 15.2. The van der Waals surface area contributed by atoms with Crippen LogP contribution < -0.4 is 0 Å². The molecular weight excluding hydrogens is 611 g/mol. The standard InChI is InChI=1S/C45H29N5/c1-4-14-30(15-5-1)39-29-42(48-44(47-39)31-16-6-2-7-17-31)50-41-28-32(25-26-36(41)38-23-13-27-46-45(38)50)34-21-12-22-37-35-20-10-11-24-40(35)49(43(34)37)33-18-8-3-9-19-33/h1-29H. The van der Waals surface area contributed by atoms with Crippen molar-refractivity contribution in [3.63, 3.8) is 0 Å². The van der Waals surface area contributed by atoms with Gasteiger partial charge in [-0.2, -0.15) is 0 Å². The predicted molar refractivity (Wildman–Crippen MR) is 205 cm³/mol. The molecule has 0 unspecified atom stereocenters. The molecule has 0 N–H and O–H groups in total. The monoisotopic (exact) mass is 639 g/mol. The van der Waals surface area contributed by atoms with Crippen molar-refractivity contribution in [3.8, 4) is 45.3 Å². The topological polar surface area (TPSA) is 48.5 Å². The summed E-state index contributed by atoms with van der Waals surface area (Å²) >= 11 is 0. The van der Waals surface area contributed by atoms with Crippen LogP contribution in [0.4, 0.5) is 0 Å². The lowest BCUT2D eigenvalue weighted by Gasteiger charge is -2.13. The quantitative estimate of drug-likeness (QED) is 0.188. The molecule has 0 saturated carbocycles. The van der Waals surface area contributed by atoms with Crippen LogP contribution in [0.3, 0.4) is 0 Å². The molecule has 6 aromatic carbocycles. The van der Waals surface area contributed by atoms with Crippen LogP contribution in [0.5, 0.6) is 0 Å². The van der Waals surface area contributed by atoms with E-state index in [4.69, 9.17) is 15.0 Å². The van der Waals surface area contributed by atoms with Gasteiger partial charge in [0.15, 0.2) is 5.82 Å². The van der Waals surface area contributed by atoms with E-state index in [2.05, 4.69) is 137 Å². The van der Waals surface area contributed by atoms with E-state index in [-0.39, 0.29) is 0 Å². The van der Waals surface area contributed by atoms with Gasteiger partial charge in [0.05, 0.1) is 22.2 Å². The van der Waals surface area contributed by atoms with Crippen LogP contribution in [-0.2, 0) is 0 Å². The fourth-order valence-electron chi connectivity index (χ4n) is 7.36. The fraction of sp³-hybridized carbons (Fsp3) is 0. The van der Waals surface area contributed by atoms with Gasteiger partial charge < -0.3 is 4.57 Å². The van der Waals surface area contributed by atoms with E-state index in [9.17, 15) is 0 Å². The molecule has 0 saturated heterocycles.